The summed E-state index contributed by atoms with van der Waals surface area (Å²) in [5.74, 6) is 7.77. The van der Waals surface area contributed by atoms with Crippen LogP contribution in [-0.2, 0) is 0 Å². The smallest absolute Gasteiger partial charge is 0.148 e. The second-order valence-electron chi connectivity index (χ2n) is 4.53. The van der Waals surface area contributed by atoms with Gasteiger partial charge in [0.1, 0.15) is 17.5 Å². The highest BCUT2D eigenvalue weighted by molar-refractivity contribution is 5.57. The van der Waals surface area contributed by atoms with E-state index in [2.05, 4.69) is 20.7 Å². The minimum Gasteiger partial charge on any atom is -0.394 e. The number of nitrogens with zero attached hydrogens (tertiary/aromatic N) is 2. The molecule has 7 nitrogen and oxygen atoms in total. The molecule has 0 saturated heterocycles. The molecule has 0 radical (unpaired) electrons. The van der Waals surface area contributed by atoms with E-state index in [-0.39, 0.29) is 13.2 Å². The summed E-state index contributed by atoms with van der Waals surface area (Å²) >= 11 is 0. The van der Waals surface area contributed by atoms with Crippen molar-refractivity contribution in [3.63, 3.8) is 0 Å². The van der Waals surface area contributed by atoms with Crippen LogP contribution in [0.15, 0.2) is 0 Å². The summed E-state index contributed by atoms with van der Waals surface area (Å²) in [6.07, 6.45) is 2.19. The van der Waals surface area contributed by atoms with Crippen LogP contribution in [0.3, 0.4) is 0 Å². The van der Waals surface area contributed by atoms with Crippen LogP contribution in [0.25, 0.3) is 0 Å². The molecule has 1 aliphatic carbocycles. The van der Waals surface area contributed by atoms with E-state index in [1.54, 1.807) is 0 Å². The fourth-order valence-corrected chi connectivity index (χ4v) is 1.68. The molecule has 1 fully saturated rings. The number of hydrogen-bond donors (Lipinski definition) is 5. The van der Waals surface area contributed by atoms with Gasteiger partial charge in [-0.15, -0.1) is 0 Å². The summed E-state index contributed by atoms with van der Waals surface area (Å²) in [7, 11) is 0. The summed E-state index contributed by atoms with van der Waals surface area (Å²) in [4.78, 5) is 8.80. The first-order chi connectivity index (χ1) is 8.69. The number of nitrogens with one attached hydrogen (secondary N) is 2. The molecule has 0 aliphatic heterocycles. The average Bonchev–Trinajstić information content (AvgIpc) is 3.22. The Morgan fingerprint density at radius 3 is 2.39 bits per heavy atom. The van der Waals surface area contributed by atoms with Crippen molar-refractivity contribution in [3.05, 3.63) is 11.4 Å². The molecule has 1 heterocycles. The third-order valence-corrected chi connectivity index (χ3v) is 3.02. The third kappa shape index (κ3) is 2.69. The van der Waals surface area contributed by atoms with E-state index in [1.165, 1.54) is 0 Å². The highest BCUT2D eigenvalue weighted by Crippen LogP contribution is 2.39. The van der Waals surface area contributed by atoms with Gasteiger partial charge in [0.05, 0.1) is 19.3 Å². The SMILES string of the molecule is Cc1c(NN)nc(C2CC2)nc1NC(CO)CO. The molecule has 18 heavy (non-hydrogen) atoms. The van der Waals surface area contributed by atoms with Gasteiger partial charge in [-0.3, -0.25) is 0 Å². The minimum atomic E-state index is -0.434. The summed E-state index contributed by atoms with van der Waals surface area (Å²) < 4.78 is 0. The molecule has 100 valence electrons. The van der Waals surface area contributed by atoms with E-state index >= 15 is 0 Å². The second-order valence-corrected chi connectivity index (χ2v) is 4.53. The molecular weight excluding hydrogens is 234 g/mol. The standard InChI is InChI=1S/C11H19N5O2/c1-6-9(13-8(4-17)5-18)14-11(7-2-3-7)15-10(6)16-12/h7-8,17-18H,2-5,12H2,1H3,(H2,13,14,15,16). The summed E-state index contributed by atoms with van der Waals surface area (Å²) in [5.41, 5.74) is 3.32. The van der Waals surface area contributed by atoms with Gasteiger partial charge in [-0.25, -0.2) is 15.8 Å². The van der Waals surface area contributed by atoms with Crippen molar-refractivity contribution in [1.29, 1.82) is 0 Å². The van der Waals surface area contributed by atoms with Crippen LogP contribution in [0, 0.1) is 6.92 Å². The van der Waals surface area contributed by atoms with E-state index in [0.717, 1.165) is 24.2 Å². The lowest BCUT2D eigenvalue weighted by Crippen LogP contribution is -2.29. The average molecular weight is 253 g/mol. The van der Waals surface area contributed by atoms with Gasteiger partial charge < -0.3 is 21.0 Å². The quantitative estimate of drug-likeness (QED) is 0.349. The van der Waals surface area contributed by atoms with Crippen molar-refractivity contribution in [3.8, 4) is 0 Å². The Kier molecular flexibility index (Phi) is 3.95. The predicted molar refractivity (Wildman–Crippen MR) is 68.1 cm³/mol. The maximum absolute atomic E-state index is 9.09. The number of hydrazine groups is 1. The molecule has 7 heteroatoms. The molecule has 1 aliphatic rings. The Morgan fingerprint density at radius 2 is 1.89 bits per heavy atom. The van der Waals surface area contributed by atoms with Gasteiger partial charge in [0, 0.05) is 11.5 Å². The van der Waals surface area contributed by atoms with Gasteiger partial charge >= 0.3 is 0 Å². The number of rotatable bonds is 6. The van der Waals surface area contributed by atoms with Gasteiger partial charge in [-0.1, -0.05) is 0 Å². The van der Waals surface area contributed by atoms with Gasteiger partial charge in [-0.05, 0) is 19.8 Å². The molecule has 0 spiro atoms. The lowest BCUT2D eigenvalue weighted by Gasteiger charge is -2.18. The normalized spacial score (nSPS) is 14.9. The molecule has 0 atom stereocenters. The first kappa shape index (κ1) is 13.0. The summed E-state index contributed by atoms with van der Waals surface area (Å²) in [5, 5.41) is 21.2. The molecule has 1 aromatic rings. The number of nitrogen functional groups attached to an aromatic ring is 1. The van der Waals surface area contributed by atoms with Crippen molar-refractivity contribution in [2.24, 2.45) is 5.84 Å². The van der Waals surface area contributed by atoms with Crippen molar-refractivity contribution in [2.75, 3.05) is 24.0 Å². The molecular formula is C11H19N5O2. The Balaban J connectivity index is 2.28. The van der Waals surface area contributed by atoms with Gasteiger partial charge in [0.25, 0.3) is 0 Å². The van der Waals surface area contributed by atoms with E-state index in [9.17, 15) is 0 Å². The van der Waals surface area contributed by atoms with Crippen molar-refractivity contribution in [2.45, 2.75) is 31.7 Å². The largest absolute Gasteiger partial charge is 0.394 e. The highest BCUT2D eigenvalue weighted by Gasteiger charge is 2.28. The molecule has 1 aromatic heterocycles. The maximum atomic E-state index is 9.09. The number of hydrogen-bond acceptors (Lipinski definition) is 7. The fourth-order valence-electron chi connectivity index (χ4n) is 1.68. The second kappa shape index (κ2) is 5.47. The number of nitrogens with two attached hydrogens (primary N) is 1. The fraction of sp³-hybridized carbons (Fsp3) is 0.636. The van der Waals surface area contributed by atoms with Crippen LogP contribution < -0.4 is 16.6 Å². The maximum Gasteiger partial charge on any atom is 0.148 e. The van der Waals surface area contributed by atoms with Crippen molar-refractivity contribution in [1.82, 2.24) is 9.97 Å². The van der Waals surface area contributed by atoms with E-state index < -0.39 is 6.04 Å². The van der Waals surface area contributed by atoms with E-state index in [1.807, 2.05) is 6.92 Å². The van der Waals surface area contributed by atoms with Crippen LogP contribution in [0.4, 0.5) is 11.6 Å². The van der Waals surface area contributed by atoms with Crippen molar-refractivity contribution < 1.29 is 10.2 Å². The monoisotopic (exact) mass is 253 g/mol. The summed E-state index contributed by atoms with van der Waals surface area (Å²) in [6, 6.07) is -0.434. The molecule has 6 N–H and O–H groups in total. The van der Waals surface area contributed by atoms with Gasteiger partial charge in [0.15, 0.2) is 0 Å². The Hall–Kier alpha value is -1.44. The first-order valence-corrected chi connectivity index (χ1v) is 6.03. The summed E-state index contributed by atoms with van der Waals surface area (Å²) in [6.45, 7) is 1.51. The van der Waals surface area contributed by atoms with E-state index in [0.29, 0.717) is 17.6 Å². The number of aliphatic hydroxyl groups excluding tert-OH is 2. The number of aliphatic hydroxyl groups is 2. The topological polar surface area (TPSA) is 116 Å². The number of aromatic nitrogens is 2. The highest BCUT2D eigenvalue weighted by atomic mass is 16.3. The Labute approximate surface area is 105 Å². The van der Waals surface area contributed by atoms with Crippen LogP contribution in [0.1, 0.15) is 30.1 Å². The molecule has 1 saturated carbocycles. The number of anilines is 2. The lowest BCUT2D eigenvalue weighted by atomic mass is 10.2. The van der Waals surface area contributed by atoms with Crippen LogP contribution in [0.2, 0.25) is 0 Å². The zero-order valence-electron chi connectivity index (χ0n) is 10.3. The van der Waals surface area contributed by atoms with Crippen LogP contribution in [0.5, 0.6) is 0 Å². The molecule has 0 unspecified atom stereocenters. The zero-order valence-corrected chi connectivity index (χ0v) is 10.3. The van der Waals surface area contributed by atoms with Crippen LogP contribution >= 0.6 is 0 Å². The first-order valence-electron chi connectivity index (χ1n) is 6.03. The molecule has 0 aromatic carbocycles. The van der Waals surface area contributed by atoms with Gasteiger partial charge in [0.2, 0.25) is 0 Å². The molecule has 0 amide bonds. The van der Waals surface area contributed by atoms with E-state index in [4.69, 9.17) is 16.1 Å². The lowest BCUT2D eigenvalue weighted by molar-refractivity contribution is 0.203. The molecule has 0 bridgehead atoms. The zero-order chi connectivity index (χ0) is 13.1. The third-order valence-electron chi connectivity index (χ3n) is 3.02. The Bertz CT molecular complexity index is 418. The van der Waals surface area contributed by atoms with Crippen LogP contribution in [-0.4, -0.2) is 39.4 Å². The van der Waals surface area contributed by atoms with Crippen molar-refractivity contribution >= 4 is 11.6 Å². The minimum absolute atomic E-state index is 0.163. The van der Waals surface area contributed by atoms with Gasteiger partial charge in [-0.2, -0.15) is 0 Å². The molecule has 2 rings (SSSR count). The Morgan fingerprint density at radius 1 is 1.28 bits per heavy atom. The predicted octanol–water partition coefficient (Wildman–Crippen LogP) is -0.287.